The fraction of sp³-hybridized carbons (Fsp3) is 0.375. The Morgan fingerprint density at radius 3 is 2.50 bits per heavy atom. The Morgan fingerprint density at radius 2 is 1.77 bits per heavy atom. The van der Waals surface area contributed by atoms with Gasteiger partial charge in [0.05, 0.1) is 5.56 Å². The van der Waals surface area contributed by atoms with Gasteiger partial charge in [0.1, 0.15) is 0 Å². The number of benzene rings is 1. The molecule has 1 aromatic rings. The number of ketones is 1. The minimum atomic E-state index is -4.46. The molecule has 1 aliphatic carbocycles. The zero-order valence-electron chi connectivity index (χ0n) is 11.7. The van der Waals surface area contributed by atoms with Crippen molar-refractivity contribution in [3.05, 3.63) is 41.1 Å². The molecule has 6 heteroatoms. The van der Waals surface area contributed by atoms with Gasteiger partial charge in [-0.05, 0) is 37.5 Å². The van der Waals surface area contributed by atoms with Crippen LogP contribution in [0, 0.1) is 0 Å². The molecular weight excluding hydrogens is 295 g/mol. The Labute approximate surface area is 125 Å². The summed E-state index contributed by atoms with van der Waals surface area (Å²) < 4.78 is 38.6. The minimum Gasteiger partial charge on any atom is -0.294 e. The van der Waals surface area contributed by atoms with Gasteiger partial charge >= 0.3 is 6.18 Å². The molecule has 1 aromatic carbocycles. The highest BCUT2D eigenvalue weighted by Crippen LogP contribution is 2.38. The number of halogens is 3. The van der Waals surface area contributed by atoms with Crippen LogP contribution in [0.15, 0.2) is 35.5 Å². The number of amides is 1. The number of alkyl halides is 3. The van der Waals surface area contributed by atoms with Crippen LogP contribution in [0.4, 0.5) is 18.9 Å². The summed E-state index contributed by atoms with van der Waals surface area (Å²) in [5.41, 5.74) is 0.560. The first-order valence-corrected chi connectivity index (χ1v) is 7.13. The Bertz CT molecular complexity index is 676. The molecule has 0 radical (unpaired) electrons. The molecule has 0 bridgehead atoms. The standard InChI is InChI=1S/C16H14F3NO2/c17-16(18,19)10-3-1-4-11(9-10)20-13-5-2-6-14(21)12(13)7-8-15(20)22/h1,3-4,9H,2,5-8H2. The SMILES string of the molecule is O=C1CCCC2=C1CCC(=O)N2c1cccc(C(F)(F)F)c1. The second-order valence-electron chi connectivity index (χ2n) is 5.48. The largest absolute Gasteiger partial charge is 0.416 e. The molecule has 0 unspecified atom stereocenters. The van der Waals surface area contributed by atoms with E-state index in [1.165, 1.54) is 17.0 Å². The highest BCUT2D eigenvalue weighted by molar-refractivity contribution is 6.05. The number of carbonyl (C=O) groups excluding carboxylic acids is 2. The van der Waals surface area contributed by atoms with Crippen LogP contribution in [0.3, 0.4) is 0 Å². The van der Waals surface area contributed by atoms with Crippen LogP contribution in [0.25, 0.3) is 0 Å². The molecule has 0 atom stereocenters. The molecule has 0 saturated heterocycles. The van der Waals surface area contributed by atoms with Crippen molar-refractivity contribution in [2.75, 3.05) is 4.90 Å². The van der Waals surface area contributed by atoms with Gasteiger partial charge in [0.2, 0.25) is 5.91 Å². The van der Waals surface area contributed by atoms with Crippen molar-refractivity contribution in [1.29, 1.82) is 0 Å². The van der Waals surface area contributed by atoms with Gasteiger partial charge in [-0.15, -0.1) is 0 Å². The second-order valence-corrected chi connectivity index (χ2v) is 5.48. The summed E-state index contributed by atoms with van der Waals surface area (Å²) in [5.74, 6) is -0.251. The van der Waals surface area contributed by atoms with Gasteiger partial charge < -0.3 is 0 Å². The molecule has 0 N–H and O–H groups in total. The number of hydrogen-bond donors (Lipinski definition) is 0. The summed E-state index contributed by atoms with van der Waals surface area (Å²) in [7, 11) is 0. The quantitative estimate of drug-likeness (QED) is 0.790. The van der Waals surface area contributed by atoms with E-state index in [0.717, 1.165) is 12.1 Å². The summed E-state index contributed by atoms with van der Waals surface area (Å²) in [4.78, 5) is 25.5. The molecule has 0 saturated carbocycles. The lowest BCUT2D eigenvalue weighted by Gasteiger charge is -2.34. The molecule has 2 aliphatic rings. The Balaban J connectivity index is 2.07. The van der Waals surface area contributed by atoms with Crippen LogP contribution in [-0.4, -0.2) is 11.7 Å². The number of hydrogen-bond acceptors (Lipinski definition) is 2. The number of rotatable bonds is 1. The fourth-order valence-corrected chi connectivity index (χ4v) is 3.02. The van der Waals surface area contributed by atoms with Gasteiger partial charge in [-0.3, -0.25) is 14.5 Å². The number of nitrogens with zero attached hydrogens (tertiary/aromatic N) is 1. The van der Waals surface area contributed by atoms with E-state index in [0.29, 0.717) is 37.0 Å². The lowest BCUT2D eigenvalue weighted by atomic mass is 9.88. The number of Topliss-reactive ketones (excluding diaryl/α,β-unsaturated/α-hetero) is 1. The average Bonchev–Trinajstić information content (AvgIpc) is 2.46. The van der Waals surface area contributed by atoms with Crippen molar-refractivity contribution in [2.45, 2.75) is 38.3 Å². The van der Waals surface area contributed by atoms with Crippen molar-refractivity contribution < 1.29 is 22.8 Å². The molecule has 1 heterocycles. The smallest absolute Gasteiger partial charge is 0.294 e. The normalized spacial score (nSPS) is 19.5. The fourth-order valence-electron chi connectivity index (χ4n) is 3.02. The predicted molar refractivity (Wildman–Crippen MR) is 74.0 cm³/mol. The Kier molecular flexibility index (Phi) is 3.54. The molecule has 0 spiro atoms. The third-order valence-electron chi connectivity index (χ3n) is 4.04. The van der Waals surface area contributed by atoms with Gasteiger partial charge in [-0.2, -0.15) is 13.2 Å². The van der Waals surface area contributed by atoms with E-state index in [9.17, 15) is 22.8 Å². The van der Waals surface area contributed by atoms with Gasteiger partial charge in [0, 0.05) is 29.8 Å². The third-order valence-corrected chi connectivity index (χ3v) is 4.04. The molecule has 3 rings (SSSR count). The summed E-state index contributed by atoms with van der Waals surface area (Å²) in [6.07, 6.45) is -2.30. The van der Waals surface area contributed by atoms with Crippen LogP contribution < -0.4 is 4.90 Å². The number of allylic oxidation sites excluding steroid dienone is 2. The molecule has 1 aliphatic heterocycles. The molecule has 116 valence electrons. The summed E-state index contributed by atoms with van der Waals surface area (Å²) >= 11 is 0. The number of carbonyl (C=O) groups is 2. The van der Waals surface area contributed by atoms with E-state index >= 15 is 0 Å². The average molecular weight is 309 g/mol. The second kappa shape index (κ2) is 5.26. The monoisotopic (exact) mass is 309 g/mol. The van der Waals surface area contributed by atoms with Gasteiger partial charge in [-0.25, -0.2) is 0 Å². The van der Waals surface area contributed by atoms with Crippen molar-refractivity contribution in [3.8, 4) is 0 Å². The maximum Gasteiger partial charge on any atom is 0.416 e. The van der Waals surface area contributed by atoms with Crippen LogP contribution in [0.2, 0.25) is 0 Å². The molecule has 0 fully saturated rings. The van der Waals surface area contributed by atoms with Gasteiger partial charge in [-0.1, -0.05) is 6.07 Å². The Hall–Kier alpha value is -2.11. The van der Waals surface area contributed by atoms with E-state index < -0.39 is 11.7 Å². The van der Waals surface area contributed by atoms with Crippen molar-refractivity contribution in [3.63, 3.8) is 0 Å². The van der Waals surface area contributed by atoms with Crippen LogP contribution in [0.1, 0.15) is 37.7 Å². The third kappa shape index (κ3) is 2.53. The van der Waals surface area contributed by atoms with Crippen LogP contribution >= 0.6 is 0 Å². The maximum absolute atomic E-state index is 12.9. The van der Waals surface area contributed by atoms with Crippen molar-refractivity contribution in [2.24, 2.45) is 0 Å². The maximum atomic E-state index is 12.9. The number of anilines is 1. The zero-order valence-corrected chi connectivity index (χ0v) is 11.7. The lowest BCUT2D eigenvalue weighted by molar-refractivity contribution is -0.137. The van der Waals surface area contributed by atoms with Crippen LogP contribution in [-0.2, 0) is 15.8 Å². The van der Waals surface area contributed by atoms with E-state index in [-0.39, 0.29) is 23.8 Å². The summed E-state index contributed by atoms with van der Waals surface area (Å²) in [6.45, 7) is 0. The van der Waals surface area contributed by atoms with Gasteiger partial charge in [0.25, 0.3) is 0 Å². The lowest BCUT2D eigenvalue weighted by Crippen LogP contribution is -2.37. The minimum absolute atomic E-state index is 0.00530. The van der Waals surface area contributed by atoms with Crippen molar-refractivity contribution >= 4 is 17.4 Å². The molecule has 0 aromatic heterocycles. The first-order valence-electron chi connectivity index (χ1n) is 7.13. The molecular formula is C16H14F3NO2. The molecule has 22 heavy (non-hydrogen) atoms. The first kappa shape index (κ1) is 14.8. The van der Waals surface area contributed by atoms with E-state index in [2.05, 4.69) is 0 Å². The predicted octanol–water partition coefficient (Wildman–Crippen LogP) is 3.84. The van der Waals surface area contributed by atoms with Crippen LogP contribution in [0.5, 0.6) is 0 Å². The molecule has 1 amide bonds. The Morgan fingerprint density at radius 1 is 1.00 bits per heavy atom. The zero-order chi connectivity index (χ0) is 15.9. The topological polar surface area (TPSA) is 37.4 Å². The highest BCUT2D eigenvalue weighted by atomic mass is 19.4. The van der Waals surface area contributed by atoms with Crippen molar-refractivity contribution in [1.82, 2.24) is 0 Å². The van der Waals surface area contributed by atoms with E-state index in [4.69, 9.17) is 0 Å². The molecule has 3 nitrogen and oxygen atoms in total. The highest BCUT2D eigenvalue weighted by Gasteiger charge is 2.35. The van der Waals surface area contributed by atoms with E-state index in [1.54, 1.807) is 0 Å². The first-order chi connectivity index (χ1) is 10.4. The van der Waals surface area contributed by atoms with Gasteiger partial charge in [0.15, 0.2) is 5.78 Å². The summed E-state index contributed by atoms with van der Waals surface area (Å²) in [6, 6.07) is 4.69. The van der Waals surface area contributed by atoms with E-state index in [1.807, 2.05) is 0 Å². The summed E-state index contributed by atoms with van der Waals surface area (Å²) in [5, 5.41) is 0.